The molecule has 9 heteroatoms. The first-order valence-corrected chi connectivity index (χ1v) is 7.84. The normalized spacial score (nSPS) is 11.0. The molecule has 3 aromatic rings. The first-order chi connectivity index (χ1) is 11.4. The molecule has 124 valence electrons. The van der Waals surface area contributed by atoms with Gasteiger partial charge in [0.2, 0.25) is 5.91 Å². The van der Waals surface area contributed by atoms with Crippen molar-refractivity contribution in [1.29, 1.82) is 0 Å². The molecule has 2 heterocycles. The van der Waals surface area contributed by atoms with E-state index in [9.17, 15) is 14.4 Å². The highest BCUT2D eigenvalue weighted by molar-refractivity contribution is 9.10. The van der Waals surface area contributed by atoms with Crippen LogP contribution in [0.15, 0.2) is 44.7 Å². The van der Waals surface area contributed by atoms with Gasteiger partial charge in [0, 0.05) is 24.3 Å². The second kappa shape index (κ2) is 6.08. The summed E-state index contributed by atoms with van der Waals surface area (Å²) < 4.78 is 4.68. The Morgan fingerprint density at radius 1 is 1.17 bits per heavy atom. The predicted molar refractivity (Wildman–Crippen MR) is 93.0 cm³/mol. The van der Waals surface area contributed by atoms with Gasteiger partial charge >= 0.3 is 5.69 Å². The molecule has 0 atom stereocenters. The number of aryl methyl sites for hydroxylation is 1. The minimum absolute atomic E-state index is 0.0625. The Kier molecular flexibility index (Phi) is 4.10. The average molecular weight is 392 g/mol. The highest BCUT2D eigenvalue weighted by atomic mass is 79.9. The number of imidazole rings is 1. The molecule has 0 bridgehead atoms. The molecule has 24 heavy (non-hydrogen) atoms. The van der Waals surface area contributed by atoms with Gasteiger partial charge in [-0.3, -0.25) is 18.7 Å². The first-order valence-electron chi connectivity index (χ1n) is 7.04. The van der Waals surface area contributed by atoms with Crippen LogP contribution in [0.3, 0.4) is 0 Å². The van der Waals surface area contributed by atoms with Gasteiger partial charge in [-0.2, -0.15) is 0 Å². The number of nitrogens with zero attached hydrogens (tertiary/aromatic N) is 4. The Bertz CT molecular complexity index is 1050. The average Bonchev–Trinajstić information content (AvgIpc) is 2.96. The molecule has 1 aromatic carbocycles. The summed E-state index contributed by atoms with van der Waals surface area (Å²) >= 11 is 3.33. The van der Waals surface area contributed by atoms with E-state index in [1.807, 2.05) is 12.1 Å². The van der Waals surface area contributed by atoms with Gasteiger partial charge < -0.3 is 9.88 Å². The number of nitrogens with one attached hydrogen (secondary N) is 1. The Balaban J connectivity index is 1.93. The maximum Gasteiger partial charge on any atom is 0.332 e. The van der Waals surface area contributed by atoms with Crippen molar-refractivity contribution in [3.8, 4) is 0 Å². The third-order valence-corrected chi connectivity index (χ3v) is 4.18. The summed E-state index contributed by atoms with van der Waals surface area (Å²) in [6, 6.07) is 7.16. The van der Waals surface area contributed by atoms with Crippen molar-refractivity contribution in [2.75, 3.05) is 5.32 Å². The molecular formula is C15H14BrN5O3. The van der Waals surface area contributed by atoms with E-state index in [0.717, 1.165) is 9.04 Å². The van der Waals surface area contributed by atoms with Gasteiger partial charge in [-0.25, -0.2) is 9.78 Å². The van der Waals surface area contributed by atoms with Crippen LogP contribution in [0.1, 0.15) is 0 Å². The smallest absolute Gasteiger partial charge is 0.325 e. The van der Waals surface area contributed by atoms with Crippen molar-refractivity contribution < 1.29 is 4.79 Å². The van der Waals surface area contributed by atoms with Crippen LogP contribution in [-0.4, -0.2) is 24.6 Å². The van der Waals surface area contributed by atoms with Crippen LogP contribution in [-0.2, 0) is 25.4 Å². The summed E-state index contributed by atoms with van der Waals surface area (Å²) in [5.74, 6) is -0.287. The van der Waals surface area contributed by atoms with Crippen molar-refractivity contribution in [2.45, 2.75) is 6.54 Å². The van der Waals surface area contributed by atoms with Crippen LogP contribution in [0.25, 0.3) is 11.2 Å². The summed E-state index contributed by atoms with van der Waals surface area (Å²) in [5.41, 5.74) is 0.158. The lowest BCUT2D eigenvalue weighted by Gasteiger charge is -2.09. The molecule has 8 nitrogen and oxygen atoms in total. The van der Waals surface area contributed by atoms with Crippen LogP contribution < -0.4 is 16.6 Å². The summed E-state index contributed by atoms with van der Waals surface area (Å²) in [7, 11) is 2.93. The van der Waals surface area contributed by atoms with Crippen molar-refractivity contribution in [3.05, 3.63) is 55.9 Å². The largest absolute Gasteiger partial charge is 0.332 e. The fraction of sp³-hybridized carbons (Fsp3) is 0.200. The number of benzene rings is 1. The maximum absolute atomic E-state index is 12.2. The summed E-state index contributed by atoms with van der Waals surface area (Å²) in [6.45, 7) is -0.0625. The number of rotatable bonds is 3. The fourth-order valence-corrected chi connectivity index (χ4v) is 2.71. The van der Waals surface area contributed by atoms with Crippen molar-refractivity contribution in [3.63, 3.8) is 0 Å². The highest BCUT2D eigenvalue weighted by Crippen LogP contribution is 2.14. The zero-order valence-corrected chi connectivity index (χ0v) is 14.6. The lowest BCUT2D eigenvalue weighted by atomic mass is 10.3. The number of hydrogen-bond donors (Lipinski definition) is 1. The molecule has 0 aliphatic rings. The molecule has 0 aliphatic heterocycles. The molecule has 0 spiro atoms. The molecule has 2 aromatic heterocycles. The van der Waals surface area contributed by atoms with Crippen molar-refractivity contribution in [1.82, 2.24) is 18.7 Å². The number of carbonyl (C=O) groups excluding carboxylic acids is 1. The number of halogens is 1. The van der Waals surface area contributed by atoms with E-state index in [0.29, 0.717) is 11.3 Å². The van der Waals surface area contributed by atoms with Crippen molar-refractivity contribution in [2.24, 2.45) is 14.1 Å². The molecule has 3 rings (SSSR count). The third-order valence-electron chi connectivity index (χ3n) is 3.65. The molecule has 0 saturated heterocycles. The minimum atomic E-state index is -0.486. The second-order valence-corrected chi connectivity index (χ2v) is 6.22. The molecular weight excluding hydrogens is 378 g/mol. The van der Waals surface area contributed by atoms with Gasteiger partial charge in [-0.05, 0) is 24.3 Å². The molecule has 1 N–H and O–H groups in total. The Hall–Kier alpha value is -2.68. The number of carbonyl (C=O) groups is 1. The van der Waals surface area contributed by atoms with Crippen LogP contribution in [0.5, 0.6) is 0 Å². The minimum Gasteiger partial charge on any atom is -0.325 e. The van der Waals surface area contributed by atoms with Crippen LogP contribution in [0.2, 0.25) is 0 Å². The monoisotopic (exact) mass is 391 g/mol. The number of amides is 1. The quantitative estimate of drug-likeness (QED) is 0.715. The Morgan fingerprint density at radius 3 is 2.50 bits per heavy atom. The Labute approximate surface area is 144 Å². The van der Waals surface area contributed by atoms with Crippen molar-refractivity contribution >= 4 is 38.7 Å². The van der Waals surface area contributed by atoms with E-state index >= 15 is 0 Å². The van der Waals surface area contributed by atoms with E-state index < -0.39 is 11.2 Å². The maximum atomic E-state index is 12.2. The topological polar surface area (TPSA) is 90.9 Å². The van der Waals surface area contributed by atoms with Gasteiger partial charge in [-0.1, -0.05) is 15.9 Å². The molecule has 1 amide bonds. The van der Waals surface area contributed by atoms with Gasteiger partial charge in [0.05, 0.1) is 6.33 Å². The number of aromatic nitrogens is 4. The van der Waals surface area contributed by atoms with Gasteiger partial charge in [-0.15, -0.1) is 0 Å². The molecule has 0 saturated carbocycles. The zero-order valence-electron chi connectivity index (χ0n) is 13.0. The van der Waals surface area contributed by atoms with Crippen LogP contribution >= 0.6 is 15.9 Å². The summed E-state index contributed by atoms with van der Waals surface area (Å²) in [6.07, 6.45) is 1.38. The van der Waals surface area contributed by atoms with Gasteiger partial charge in [0.15, 0.2) is 5.52 Å². The standard InChI is InChI=1S/C15H14BrN5O3/c1-19-13-12(14(23)20(2)15(19)24)17-8-21(13)7-11(22)18-10-5-3-9(16)4-6-10/h3-6,8H,7H2,1-2H3,(H,18,22). The van der Waals surface area contributed by atoms with E-state index in [2.05, 4.69) is 26.2 Å². The van der Waals surface area contributed by atoms with Crippen LogP contribution in [0, 0.1) is 0 Å². The molecule has 0 radical (unpaired) electrons. The third kappa shape index (κ3) is 2.78. The molecule has 0 unspecified atom stereocenters. The second-order valence-electron chi connectivity index (χ2n) is 5.31. The summed E-state index contributed by atoms with van der Waals surface area (Å²) in [4.78, 5) is 40.4. The number of anilines is 1. The van der Waals surface area contributed by atoms with E-state index in [-0.39, 0.29) is 18.0 Å². The number of fused-ring (bicyclic) bond motifs is 1. The lowest BCUT2D eigenvalue weighted by molar-refractivity contribution is -0.116. The van der Waals surface area contributed by atoms with Gasteiger partial charge in [0.1, 0.15) is 12.2 Å². The highest BCUT2D eigenvalue weighted by Gasteiger charge is 2.15. The SMILES string of the molecule is Cn1c(=O)c2ncn(CC(=O)Nc3ccc(Br)cc3)c2n(C)c1=O. The predicted octanol–water partition coefficient (Wildman–Crippen LogP) is 0.835. The van der Waals surface area contributed by atoms with Crippen LogP contribution in [0.4, 0.5) is 5.69 Å². The van der Waals surface area contributed by atoms with E-state index in [1.165, 1.54) is 29.6 Å². The fourth-order valence-electron chi connectivity index (χ4n) is 2.44. The first kappa shape index (κ1) is 16.2. The Morgan fingerprint density at radius 2 is 1.83 bits per heavy atom. The molecule has 0 fully saturated rings. The van der Waals surface area contributed by atoms with Gasteiger partial charge in [0.25, 0.3) is 5.56 Å². The molecule has 0 aliphatic carbocycles. The summed E-state index contributed by atoms with van der Waals surface area (Å²) in [5, 5.41) is 2.75. The number of hydrogen-bond acceptors (Lipinski definition) is 4. The zero-order chi connectivity index (χ0) is 17.4. The van der Waals surface area contributed by atoms with E-state index in [1.54, 1.807) is 12.1 Å². The lowest BCUT2D eigenvalue weighted by Crippen LogP contribution is -2.37. The van der Waals surface area contributed by atoms with E-state index in [4.69, 9.17) is 0 Å².